The van der Waals surface area contributed by atoms with Gasteiger partial charge in [-0.3, -0.25) is 19.6 Å². The predicted molar refractivity (Wildman–Crippen MR) is 67.4 cm³/mol. The summed E-state index contributed by atoms with van der Waals surface area (Å²) in [5.41, 5.74) is -0.140. The first-order chi connectivity index (χ1) is 8.95. The lowest BCUT2D eigenvalue weighted by atomic mass is 10.3. The second-order valence-electron chi connectivity index (χ2n) is 4.41. The second kappa shape index (κ2) is 6.83. The lowest BCUT2D eigenvalue weighted by molar-refractivity contribution is -0.385. The van der Waals surface area contributed by atoms with Gasteiger partial charge in [-0.2, -0.15) is 5.10 Å². The molecule has 0 aliphatic heterocycles. The molecule has 0 saturated carbocycles. The van der Waals surface area contributed by atoms with E-state index in [0.717, 1.165) is 6.20 Å². The van der Waals surface area contributed by atoms with Crippen molar-refractivity contribution in [3.8, 4) is 0 Å². The molecule has 1 aromatic rings. The molecule has 8 heteroatoms. The fraction of sp³-hybridized carbons (Fsp3) is 0.636. The minimum Gasteiger partial charge on any atom is -0.396 e. The highest BCUT2D eigenvalue weighted by Gasteiger charge is 2.18. The molecule has 1 aromatic heterocycles. The van der Waals surface area contributed by atoms with Crippen molar-refractivity contribution in [3.05, 3.63) is 22.5 Å². The van der Waals surface area contributed by atoms with Crippen LogP contribution >= 0.6 is 0 Å². The van der Waals surface area contributed by atoms with Gasteiger partial charge in [0.1, 0.15) is 18.9 Å². The molecule has 1 heterocycles. The number of rotatable bonds is 7. The van der Waals surface area contributed by atoms with E-state index in [4.69, 9.17) is 5.11 Å². The Hall–Kier alpha value is -1.96. The van der Waals surface area contributed by atoms with E-state index < -0.39 is 4.92 Å². The number of aliphatic hydroxyl groups excluding tert-OH is 1. The van der Waals surface area contributed by atoms with E-state index >= 15 is 0 Å². The molecular formula is C11H18N4O4. The van der Waals surface area contributed by atoms with Crippen molar-refractivity contribution in [1.82, 2.24) is 14.7 Å². The van der Waals surface area contributed by atoms with Crippen molar-refractivity contribution in [1.29, 1.82) is 0 Å². The highest BCUT2D eigenvalue weighted by Crippen LogP contribution is 2.09. The van der Waals surface area contributed by atoms with Gasteiger partial charge in [-0.05, 0) is 20.3 Å². The molecule has 0 radical (unpaired) electrons. The lowest BCUT2D eigenvalue weighted by Crippen LogP contribution is -2.40. The third kappa shape index (κ3) is 4.32. The average molecular weight is 270 g/mol. The van der Waals surface area contributed by atoms with Gasteiger partial charge in [0, 0.05) is 19.2 Å². The van der Waals surface area contributed by atoms with Gasteiger partial charge in [0.2, 0.25) is 5.91 Å². The van der Waals surface area contributed by atoms with Crippen LogP contribution in [0.25, 0.3) is 0 Å². The molecule has 0 aliphatic rings. The monoisotopic (exact) mass is 270 g/mol. The number of aromatic nitrogens is 2. The molecule has 1 amide bonds. The maximum absolute atomic E-state index is 12.1. The molecule has 0 spiro atoms. The molecule has 8 nitrogen and oxygen atoms in total. The van der Waals surface area contributed by atoms with E-state index in [-0.39, 0.29) is 30.8 Å². The van der Waals surface area contributed by atoms with Crippen LogP contribution in [0.3, 0.4) is 0 Å². The van der Waals surface area contributed by atoms with Crippen LogP contribution in [-0.4, -0.2) is 49.8 Å². The zero-order chi connectivity index (χ0) is 14.4. The van der Waals surface area contributed by atoms with Crippen LogP contribution in [0.4, 0.5) is 5.69 Å². The van der Waals surface area contributed by atoms with E-state index in [1.807, 2.05) is 13.8 Å². The minimum absolute atomic E-state index is 0.00426. The summed E-state index contributed by atoms with van der Waals surface area (Å²) < 4.78 is 1.24. The van der Waals surface area contributed by atoms with Crippen LogP contribution in [0.2, 0.25) is 0 Å². The summed E-state index contributed by atoms with van der Waals surface area (Å²) in [6.45, 7) is 4.18. The highest BCUT2D eigenvalue weighted by atomic mass is 16.6. The fourth-order valence-electron chi connectivity index (χ4n) is 1.67. The Morgan fingerprint density at radius 3 is 2.79 bits per heavy atom. The van der Waals surface area contributed by atoms with E-state index in [0.29, 0.717) is 13.0 Å². The van der Waals surface area contributed by atoms with E-state index in [1.54, 1.807) is 4.90 Å². The van der Waals surface area contributed by atoms with Crippen LogP contribution in [0, 0.1) is 10.1 Å². The SMILES string of the molecule is CC(C)N(CCCO)C(=O)Cn1cc([N+](=O)[O-])cn1. The summed E-state index contributed by atoms with van der Waals surface area (Å²) >= 11 is 0. The molecule has 0 fully saturated rings. The lowest BCUT2D eigenvalue weighted by Gasteiger charge is -2.26. The van der Waals surface area contributed by atoms with Gasteiger partial charge in [-0.1, -0.05) is 0 Å². The maximum Gasteiger partial charge on any atom is 0.307 e. The van der Waals surface area contributed by atoms with Crippen molar-refractivity contribution >= 4 is 11.6 Å². The minimum atomic E-state index is -0.556. The van der Waals surface area contributed by atoms with Crippen molar-refractivity contribution in [2.75, 3.05) is 13.2 Å². The van der Waals surface area contributed by atoms with Crippen molar-refractivity contribution in [2.24, 2.45) is 0 Å². The molecule has 106 valence electrons. The molecule has 19 heavy (non-hydrogen) atoms. The highest BCUT2D eigenvalue weighted by molar-refractivity contribution is 5.76. The standard InChI is InChI=1S/C11H18N4O4/c1-9(2)14(4-3-5-16)11(17)8-13-7-10(6-12-13)15(18)19/h6-7,9,16H,3-5,8H2,1-2H3. The summed E-state index contributed by atoms with van der Waals surface area (Å²) in [7, 11) is 0. The first kappa shape index (κ1) is 15.1. The number of hydrogen-bond acceptors (Lipinski definition) is 5. The number of amides is 1. The molecule has 0 bridgehead atoms. The topological polar surface area (TPSA) is 102 Å². The van der Waals surface area contributed by atoms with Crippen LogP contribution in [-0.2, 0) is 11.3 Å². The smallest absolute Gasteiger partial charge is 0.307 e. The normalized spacial score (nSPS) is 10.7. The maximum atomic E-state index is 12.1. The first-order valence-corrected chi connectivity index (χ1v) is 6.03. The molecule has 0 atom stereocenters. The Labute approximate surface area is 110 Å². The summed E-state index contributed by atoms with van der Waals surface area (Å²) in [4.78, 5) is 23.6. The van der Waals surface area contributed by atoms with Gasteiger partial charge in [0.25, 0.3) is 0 Å². The number of nitro groups is 1. The quantitative estimate of drug-likeness (QED) is 0.571. The number of aliphatic hydroxyl groups is 1. The summed E-state index contributed by atoms with van der Waals surface area (Å²) in [6.07, 6.45) is 2.84. The van der Waals surface area contributed by atoms with Gasteiger partial charge in [-0.15, -0.1) is 0 Å². The van der Waals surface area contributed by atoms with Crippen LogP contribution in [0.1, 0.15) is 20.3 Å². The molecular weight excluding hydrogens is 252 g/mol. The number of carbonyl (C=O) groups is 1. The van der Waals surface area contributed by atoms with Gasteiger partial charge >= 0.3 is 5.69 Å². The van der Waals surface area contributed by atoms with Crippen LogP contribution in [0.15, 0.2) is 12.4 Å². The first-order valence-electron chi connectivity index (χ1n) is 6.03. The predicted octanol–water partition coefficient (Wildman–Crippen LogP) is 0.411. The Balaban J connectivity index is 2.67. The second-order valence-corrected chi connectivity index (χ2v) is 4.41. The largest absolute Gasteiger partial charge is 0.396 e. The zero-order valence-corrected chi connectivity index (χ0v) is 11.0. The Morgan fingerprint density at radius 2 is 2.32 bits per heavy atom. The van der Waals surface area contributed by atoms with Crippen molar-refractivity contribution in [2.45, 2.75) is 32.9 Å². The van der Waals surface area contributed by atoms with Crippen LogP contribution < -0.4 is 0 Å². The van der Waals surface area contributed by atoms with Crippen molar-refractivity contribution in [3.63, 3.8) is 0 Å². The van der Waals surface area contributed by atoms with Gasteiger partial charge < -0.3 is 10.0 Å². The summed E-state index contributed by atoms with van der Waals surface area (Å²) in [6, 6.07) is 0.00426. The number of nitrogens with zero attached hydrogens (tertiary/aromatic N) is 4. The fourth-order valence-corrected chi connectivity index (χ4v) is 1.67. The van der Waals surface area contributed by atoms with Gasteiger partial charge in [0.05, 0.1) is 4.92 Å². The average Bonchev–Trinajstić information content (AvgIpc) is 2.77. The Kier molecular flexibility index (Phi) is 5.43. The van der Waals surface area contributed by atoms with E-state index in [1.165, 1.54) is 10.9 Å². The third-order valence-corrected chi connectivity index (χ3v) is 2.63. The van der Waals surface area contributed by atoms with E-state index in [9.17, 15) is 14.9 Å². The van der Waals surface area contributed by atoms with E-state index in [2.05, 4.69) is 5.10 Å². The molecule has 1 N–H and O–H groups in total. The third-order valence-electron chi connectivity index (χ3n) is 2.63. The summed E-state index contributed by atoms with van der Waals surface area (Å²) in [5, 5.41) is 23.1. The molecule has 0 saturated heterocycles. The molecule has 0 aromatic carbocycles. The van der Waals surface area contributed by atoms with Gasteiger partial charge in [0.15, 0.2) is 0 Å². The van der Waals surface area contributed by atoms with Gasteiger partial charge in [-0.25, -0.2) is 0 Å². The number of hydrogen-bond donors (Lipinski definition) is 1. The number of carbonyl (C=O) groups excluding carboxylic acids is 1. The molecule has 0 aliphatic carbocycles. The Morgan fingerprint density at radius 1 is 1.63 bits per heavy atom. The molecule has 0 unspecified atom stereocenters. The zero-order valence-electron chi connectivity index (χ0n) is 11.0. The Bertz CT molecular complexity index is 444. The van der Waals surface area contributed by atoms with Crippen molar-refractivity contribution < 1.29 is 14.8 Å². The molecule has 1 rings (SSSR count). The van der Waals surface area contributed by atoms with Crippen LogP contribution in [0.5, 0.6) is 0 Å². The summed E-state index contributed by atoms with van der Waals surface area (Å²) in [5.74, 6) is -0.179.